The normalized spacial score (nSPS) is 15.8. The standard InChI is InChI=1S/C19H13Cl3N2O4/c1-2-28-16-14(21)8-10(9-15(16)22)7-13-17(25)23-19(27)24(18(13)26)12-5-3-11(20)4-6-12/h3-9H,2H2,1H3,(H,23,25,27)/b13-7+. The van der Waals surface area contributed by atoms with Crippen molar-refractivity contribution in [3.63, 3.8) is 0 Å². The van der Waals surface area contributed by atoms with E-state index in [1.165, 1.54) is 42.5 Å². The Balaban J connectivity index is 2.00. The number of anilines is 1. The number of carbonyl (C=O) groups is 3. The third kappa shape index (κ3) is 3.99. The highest BCUT2D eigenvalue weighted by Crippen LogP contribution is 2.35. The summed E-state index contributed by atoms with van der Waals surface area (Å²) < 4.78 is 5.36. The number of imide groups is 2. The highest BCUT2D eigenvalue weighted by Gasteiger charge is 2.36. The summed E-state index contributed by atoms with van der Waals surface area (Å²) in [5.41, 5.74) is 0.432. The Hall–Kier alpha value is -2.54. The van der Waals surface area contributed by atoms with Gasteiger partial charge in [-0.2, -0.15) is 0 Å². The van der Waals surface area contributed by atoms with Crippen molar-refractivity contribution in [2.75, 3.05) is 11.5 Å². The van der Waals surface area contributed by atoms with Gasteiger partial charge in [0, 0.05) is 5.02 Å². The second-order valence-electron chi connectivity index (χ2n) is 5.68. The highest BCUT2D eigenvalue weighted by atomic mass is 35.5. The van der Waals surface area contributed by atoms with Crippen LogP contribution in [0, 0.1) is 0 Å². The summed E-state index contributed by atoms with van der Waals surface area (Å²) in [5, 5.41) is 3.05. The summed E-state index contributed by atoms with van der Waals surface area (Å²) in [6.45, 7) is 2.16. The molecule has 0 bridgehead atoms. The first kappa shape index (κ1) is 20.2. The number of urea groups is 1. The Morgan fingerprint density at radius 2 is 1.64 bits per heavy atom. The zero-order valence-corrected chi connectivity index (χ0v) is 16.7. The second-order valence-corrected chi connectivity index (χ2v) is 6.93. The molecule has 28 heavy (non-hydrogen) atoms. The Labute approximate surface area is 175 Å². The lowest BCUT2D eigenvalue weighted by atomic mass is 10.1. The third-order valence-electron chi connectivity index (χ3n) is 3.81. The molecule has 0 spiro atoms. The molecule has 1 fully saturated rings. The van der Waals surface area contributed by atoms with Crippen molar-refractivity contribution in [3.05, 3.63) is 62.6 Å². The molecule has 144 valence electrons. The van der Waals surface area contributed by atoms with E-state index in [-0.39, 0.29) is 21.3 Å². The van der Waals surface area contributed by atoms with E-state index in [2.05, 4.69) is 5.32 Å². The van der Waals surface area contributed by atoms with Gasteiger partial charge in [0.2, 0.25) is 0 Å². The van der Waals surface area contributed by atoms with Gasteiger partial charge in [0.25, 0.3) is 11.8 Å². The largest absolute Gasteiger partial charge is 0.491 e. The lowest BCUT2D eigenvalue weighted by molar-refractivity contribution is -0.122. The molecule has 2 aromatic rings. The van der Waals surface area contributed by atoms with Crippen molar-refractivity contribution < 1.29 is 19.1 Å². The molecule has 3 rings (SSSR count). The zero-order valence-electron chi connectivity index (χ0n) is 14.5. The average Bonchev–Trinajstić information content (AvgIpc) is 2.63. The van der Waals surface area contributed by atoms with Gasteiger partial charge < -0.3 is 4.74 Å². The van der Waals surface area contributed by atoms with E-state index in [1.807, 2.05) is 0 Å². The minimum Gasteiger partial charge on any atom is -0.491 e. The number of hydrogen-bond donors (Lipinski definition) is 1. The van der Waals surface area contributed by atoms with Crippen molar-refractivity contribution in [2.24, 2.45) is 0 Å². The Bertz CT molecular complexity index is 980. The van der Waals surface area contributed by atoms with Gasteiger partial charge in [-0.3, -0.25) is 14.9 Å². The number of barbiturate groups is 1. The molecule has 0 radical (unpaired) electrons. The average molecular weight is 440 g/mol. The first-order valence-corrected chi connectivity index (χ1v) is 9.24. The number of hydrogen-bond acceptors (Lipinski definition) is 4. The molecule has 0 aliphatic carbocycles. The van der Waals surface area contributed by atoms with Gasteiger partial charge in [-0.1, -0.05) is 34.8 Å². The Morgan fingerprint density at radius 3 is 2.21 bits per heavy atom. The summed E-state index contributed by atoms with van der Waals surface area (Å²) in [5.74, 6) is -1.29. The van der Waals surface area contributed by atoms with Crippen molar-refractivity contribution in [1.29, 1.82) is 0 Å². The summed E-state index contributed by atoms with van der Waals surface area (Å²) >= 11 is 18.2. The maximum Gasteiger partial charge on any atom is 0.335 e. The first-order valence-electron chi connectivity index (χ1n) is 8.10. The van der Waals surface area contributed by atoms with Gasteiger partial charge in [0.15, 0.2) is 5.75 Å². The van der Waals surface area contributed by atoms with Crippen LogP contribution in [-0.4, -0.2) is 24.5 Å². The van der Waals surface area contributed by atoms with Gasteiger partial charge in [-0.25, -0.2) is 9.69 Å². The van der Waals surface area contributed by atoms with Crippen LogP contribution < -0.4 is 15.0 Å². The quantitative estimate of drug-likeness (QED) is 0.553. The molecule has 6 nitrogen and oxygen atoms in total. The lowest BCUT2D eigenvalue weighted by Gasteiger charge is -2.26. The van der Waals surface area contributed by atoms with E-state index in [0.29, 0.717) is 22.9 Å². The second kappa shape index (κ2) is 8.22. The fourth-order valence-corrected chi connectivity index (χ4v) is 3.33. The molecule has 0 aromatic heterocycles. The van der Waals surface area contributed by atoms with Gasteiger partial charge in [0.1, 0.15) is 5.57 Å². The molecule has 0 atom stereocenters. The molecule has 0 saturated carbocycles. The molecule has 0 unspecified atom stereocenters. The molecule has 4 amide bonds. The molecule has 1 aliphatic rings. The van der Waals surface area contributed by atoms with Crippen LogP contribution in [0.15, 0.2) is 42.0 Å². The zero-order chi connectivity index (χ0) is 20.4. The van der Waals surface area contributed by atoms with Gasteiger partial charge in [-0.05, 0) is 55.0 Å². The van der Waals surface area contributed by atoms with Crippen LogP contribution in [0.4, 0.5) is 10.5 Å². The van der Waals surface area contributed by atoms with Crippen LogP contribution in [0.5, 0.6) is 5.75 Å². The summed E-state index contributed by atoms with van der Waals surface area (Å²) in [6, 6.07) is 8.23. The fourth-order valence-electron chi connectivity index (χ4n) is 2.59. The van der Waals surface area contributed by atoms with E-state index in [9.17, 15) is 14.4 Å². The van der Waals surface area contributed by atoms with Crippen LogP contribution in [0.1, 0.15) is 12.5 Å². The minimum atomic E-state index is -0.850. The monoisotopic (exact) mass is 438 g/mol. The number of carbonyl (C=O) groups excluding carboxylic acids is 3. The highest BCUT2D eigenvalue weighted by molar-refractivity contribution is 6.40. The van der Waals surface area contributed by atoms with E-state index >= 15 is 0 Å². The number of nitrogens with one attached hydrogen (secondary N) is 1. The number of halogens is 3. The van der Waals surface area contributed by atoms with Crippen LogP contribution in [0.2, 0.25) is 15.1 Å². The van der Waals surface area contributed by atoms with Crippen LogP contribution in [-0.2, 0) is 9.59 Å². The Kier molecular flexibility index (Phi) is 5.93. The SMILES string of the molecule is CCOc1c(Cl)cc(/C=C2\C(=O)NC(=O)N(c3ccc(Cl)cc3)C2=O)cc1Cl. The molecular formula is C19H13Cl3N2O4. The van der Waals surface area contributed by atoms with E-state index in [0.717, 1.165) is 4.90 Å². The number of ether oxygens (including phenoxy) is 1. The van der Waals surface area contributed by atoms with Crippen molar-refractivity contribution in [3.8, 4) is 5.75 Å². The number of benzene rings is 2. The maximum absolute atomic E-state index is 12.8. The predicted molar refractivity (Wildman–Crippen MR) is 108 cm³/mol. The Morgan fingerprint density at radius 1 is 1.04 bits per heavy atom. The number of amides is 4. The van der Waals surface area contributed by atoms with E-state index in [4.69, 9.17) is 39.5 Å². The predicted octanol–water partition coefficient (Wildman–Crippen LogP) is 4.71. The maximum atomic E-state index is 12.8. The fraction of sp³-hybridized carbons (Fsp3) is 0.105. The van der Waals surface area contributed by atoms with Crippen LogP contribution >= 0.6 is 34.8 Å². The summed E-state index contributed by atoms with van der Waals surface area (Å²) in [7, 11) is 0. The summed E-state index contributed by atoms with van der Waals surface area (Å²) in [4.78, 5) is 38.1. The summed E-state index contributed by atoms with van der Waals surface area (Å²) in [6.07, 6.45) is 1.31. The smallest absolute Gasteiger partial charge is 0.335 e. The van der Waals surface area contributed by atoms with Crippen LogP contribution in [0.3, 0.4) is 0 Å². The van der Waals surface area contributed by atoms with Gasteiger partial charge in [-0.15, -0.1) is 0 Å². The third-order valence-corrected chi connectivity index (χ3v) is 4.62. The van der Waals surface area contributed by atoms with Gasteiger partial charge in [0.05, 0.1) is 22.3 Å². The van der Waals surface area contributed by atoms with E-state index in [1.54, 1.807) is 6.92 Å². The van der Waals surface area contributed by atoms with Crippen LogP contribution in [0.25, 0.3) is 6.08 Å². The number of nitrogens with zero attached hydrogens (tertiary/aromatic N) is 1. The molecule has 1 saturated heterocycles. The topological polar surface area (TPSA) is 75.7 Å². The van der Waals surface area contributed by atoms with Crippen molar-refractivity contribution in [1.82, 2.24) is 5.32 Å². The molecular weight excluding hydrogens is 427 g/mol. The van der Waals surface area contributed by atoms with Gasteiger partial charge >= 0.3 is 6.03 Å². The molecule has 9 heteroatoms. The molecule has 2 aromatic carbocycles. The molecule has 1 N–H and O–H groups in total. The van der Waals surface area contributed by atoms with Crippen molar-refractivity contribution in [2.45, 2.75) is 6.92 Å². The number of rotatable bonds is 4. The first-order chi connectivity index (χ1) is 13.3. The van der Waals surface area contributed by atoms with E-state index < -0.39 is 17.8 Å². The molecule has 1 heterocycles. The lowest BCUT2D eigenvalue weighted by Crippen LogP contribution is -2.54. The van der Waals surface area contributed by atoms with Crippen molar-refractivity contribution >= 4 is 64.4 Å². The minimum absolute atomic E-state index is 0.232. The molecule has 1 aliphatic heterocycles.